The molecule has 0 aliphatic rings. The standard InChI is InChI=1S/Cu.Mn.2Ni. The summed E-state index contributed by atoms with van der Waals surface area (Å²) >= 11 is 0. The monoisotopic (exact) mass is 234 g/mol. The molecule has 0 unspecified atom stereocenters. The second-order valence-electron chi connectivity index (χ2n) is 0. The maximum absolute atomic E-state index is 0. The predicted octanol–water partition coefficient (Wildman–Crippen LogP) is -0.0100. The SMILES string of the molecule is [Cu].[Mn].[Ni].[Ni]. The van der Waals surface area contributed by atoms with Crippen LogP contribution in [0.2, 0.25) is 0 Å². The average Bonchev–Trinajstić information content (AvgIpc) is 0. The Labute approximate surface area is 66.7 Å². The largest absolute Gasteiger partial charge is 0 e. The van der Waals surface area contributed by atoms with Gasteiger partial charge in [-0.05, 0) is 0 Å². The molecule has 38 valence electrons. The Morgan fingerprint density at radius 1 is 0.750 bits per heavy atom. The van der Waals surface area contributed by atoms with Gasteiger partial charge in [-0.3, -0.25) is 0 Å². The van der Waals surface area contributed by atoms with Crippen LogP contribution >= 0.6 is 0 Å². The summed E-state index contributed by atoms with van der Waals surface area (Å²) in [7, 11) is 0. The van der Waals surface area contributed by atoms with Crippen LogP contribution in [-0.2, 0) is 67.1 Å². The molecule has 0 amide bonds. The molecule has 4 heteroatoms. The molecule has 0 aromatic rings. The van der Waals surface area contributed by atoms with Crippen molar-refractivity contribution in [2.24, 2.45) is 0 Å². The molecule has 0 atom stereocenters. The first-order chi connectivity index (χ1) is 0. The van der Waals surface area contributed by atoms with Crippen molar-refractivity contribution in [3.05, 3.63) is 0 Å². The summed E-state index contributed by atoms with van der Waals surface area (Å²) in [5.74, 6) is 0. The van der Waals surface area contributed by atoms with Gasteiger partial charge in [-0.25, -0.2) is 0 Å². The fourth-order valence-corrected chi connectivity index (χ4v) is 0. The molecule has 0 saturated carbocycles. The molecule has 0 rings (SSSR count). The summed E-state index contributed by atoms with van der Waals surface area (Å²) in [6, 6.07) is 0. The quantitative estimate of drug-likeness (QED) is 0.519. The molecule has 0 saturated heterocycles. The maximum atomic E-state index is 0. The van der Waals surface area contributed by atoms with E-state index >= 15 is 0 Å². The molecule has 0 aromatic heterocycles. The van der Waals surface area contributed by atoms with Crippen LogP contribution in [0.5, 0.6) is 0 Å². The fourth-order valence-electron chi connectivity index (χ4n) is 0. The molecular formula is CuMnNi2. The summed E-state index contributed by atoms with van der Waals surface area (Å²) in [6.07, 6.45) is 0. The van der Waals surface area contributed by atoms with Crippen LogP contribution < -0.4 is 0 Å². The second kappa shape index (κ2) is 19.8. The Morgan fingerprint density at radius 3 is 0.750 bits per heavy atom. The van der Waals surface area contributed by atoms with Crippen molar-refractivity contribution in [2.75, 3.05) is 0 Å². The normalized spacial score (nSPS) is 0. The van der Waals surface area contributed by atoms with E-state index in [9.17, 15) is 0 Å². The third-order valence-corrected chi connectivity index (χ3v) is 0. The van der Waals surface area contributed by atoms with Crippen molar-refractivity contribution < 1.29 is 67.1 Å². The molecule has 0 N–H and O–H groups in total. The van der Waals surface area contributed by atoms with E-state index in [1.165, 1.54) is 0 Å². The summed E-state index contributed by atoms with van der Waals surface area (Å²) in [4.78, 5) is 0. The van der Waals surface area contributed by atoms with Gasteiger partial charge in [0, 0.05) is 67.1 Å². The van der Waals surface area contributed by atoms with Gasteiger partial charge >= 0.3 is 0 Å². The minimum absolute atomic E-state index is 0. The third kappa shape index (κ3) is 8.98. The molecule has 0 aliphatic carbocycles. The smallest absolute Gasteiger partial charge is 0 e. The third-order valence-electron chi connectivity index (χ3n) is 0. The van der Waals surface area contributed by atoms with Gasteiger partial charge in [0.15, 0.2) is 0 Å². The van der Waals surface area contributed by atoms with Crippen molar-refractivity contribution in [1.82, 2.24) is 0 Å². The van der Waals surface area contributed by atoms with Crippen LogP contribution in [0.1, 0.15) is 0 Å². The van der Waals surface area contributed by atoms with Gasteiger partial charge in [0.2, 0.25) is 0 Å². The zero-order valence-electron chi connectivity index (χ0n) is 1.31. The predicted molar refractivity (Wildman–Crippen MR) is 0 cm³/mol. The van der Waals surface area contributed by atoms with E-state index in [2.05, 4.69) is 0 Å². The minimum atomic E-state index is 0. The van der Waals surface area contributed by atoms with Crippen molar-refractivity contribution >= 4 is 0 Å². The van der Waals surface area contributed by atoms with Gasteiger partial charge in [-0.1, -0.05) is 0 Å². The van der Waals surface area contributed by atoms with E-state index < -0.39 is 0 Å². The van der Waals surface area contributed by atoms with Gasteiger partial charge < -0.3 is 0 Å². The topological polar surface area (TPSA) is 0 Å². The molecule has 2 radical (unpaired) electrons. The second-order valence-corrected chi connectivity index (χ2v) is 0. The molecule has 0 fully saturated rings. The van der Waals surface area contributed by atoms with Crippen molar-refractivity contribution in [2.45, 2.75) is 0 Å². The molecule has 0 bridgehead atoms. The maximum Gasteiger partial charge on any atom is 0 e. The van der Waals surface area contributed by atoms with E-state index in [4.69, 9.17) is 0 Å². The van der Waals surface area contributed by atoms with Crippen LogP contribution in [-0.4, -0.2) is 0 Å². The number of hydrogen-bond acceptors (Lipinski definition) is 0. The first kappa shape index (κ1) is 37.1. The Balaban J connectivity index is 0. The zero-order chi connectivity index (χ0) is 0. The fraction of sp³-hybridized carbons (Fsp3) is 0. The zero-order valence-corrected chi connectivity index (χ0v) is 5.41. The van der Waals surface area contributed by atoms with E-state index in [-0.39, 0.29) is 67.1 Å². The molecule has 0 aromatic carbocycles. The molecule has 0 spiro atoms. The average molecular weight is 236 g/mol. The minimum Gasteiger partial charge on any atom is 0 e. The van der Waals surface area contributed by atoms with Crippen LogP contribution in [0.15, 0.2) is 0 Å². The Kier molecular flexibility index (Phi) is 184. The first-order valence-corrected chi connectivity index (χ1v) is 0. The molecule has 0 aliphatic heterocycles. The Hall–Kier alpha value is 2.03. The van der Waals surface area contributed by atoms with Crippen molar-refractivity contribution in [3.8, 4) is 0 Å². The van der Waals surface area contributed by atoms with Crippen LogP contribution in [0, 0.1) is 0 Å². The molecule has 4 heavy (non-hydrogen) atoms. The van der Waals surface area contributed by atoms with Crippen LogP contribution in [0.3, 0.4) is 0 Å². The number of hydrogen-bond donors (Lipinski definition) is 0. The van der Waals surface area contributed by atoms with E-state index in [0.29, 0.717) is 0 Å². The molecular weight excluding hydrogens is 236 g/mol. The summed E-state index contributed by atoms with van der Waals surface area (Å²) in [5, 5.41) is 0. The van der Waals surface area contributed by atoms with Crippen molar-refractivity contribution in [1.29, 1.82) is 0 Å². The van der Waals surface area contributed by atoms with Crippen molar-refractivity contribution in [3.63, 3.8) is 0 Å². The van der Waals surface area contributed by atoms with Gasteiger partial charge in [-0.15, -0.1) is 0 Å². The Morgan fingerprint density at radius 2 is 0.750 bits per heavy atom. The summed E-state index contributed by atoms with van der Waals surface area (Å²) in [5.41, 5.74) is 0. The molecule has 0 nitrogen and oxygen atoms in total. The van der Waals surface area contributed by atoms with E-state index in [0.717, 1.165) is 0 Å². The van der Waals surface area contributed by atoms with Crippen LogP contribution in [0.4, 0.5) is 0 Å². The van der Waals surface area contributed by atoms with Gasteiger partial charge in [0.1, 0.15) is 0 Å². The van der Waals surface area contributed by atoms with Gasteiger partial charge in [0.25, 0.3) is 0 Å². The van der Waals surface area contributed by atoms with Gasteiger partial charge in [0.05, 0.1) is 0 Å². The molecule has 0 heterocycles. The summed E-state index contributed by atoms with van der Waals surface area (Å²) in [6.45, 7) is 0. The van der Waals surface area contributed by atoms with E-state index in [1.54, 1.807) is 0 Å². The number of rotatable bonds is 0. The Bertz CT molecular complexity index is 6.00. The summed E-state index contributed by atoms with van der Waals surface area (Å²) < 4.78 is 0. The van der Waals surface area contributed by atoms with Crippen LogP contribution in [0.25, 0.3) is 0 Å². The van der Waals surface area contributed by atoms with E-state index in [1.807, 2.05) is 0 Å². The first-order valence-electron chi connectivity index (χ1n) is 0. The van der Waals surface area contributed by atoms with Gasteiger partial charge in [-0.2, -0.15) is 0 Å².